The van der Waals surface area contributed by atoms with Gasteiger partial charge in [-0.3, -0.25) is 4.79 Å². The molecular formula is C14H20N2O. The van der Waals surface area contributed by atoms with Crippen LogP contribution in [0.1, 0.15) is 48.8 Å². The number of carbonyl (C=O) groups excluding carboxylic acids is 1. The van der Waals surface area contributed by atoms with Gasteiger partial charge in [0.05, 0.1) is 0 Å². The third-order valence-corrected chi connectivity index (χ3v) is 3.47. The van der Waals surface area contributed by atoms with Gasteiger partial charge in [0, 0.05) is 18.3 Å². The molecule has 1 aliphatic rings. The van der Waals surface area contributed by atoms with Crippen LogP contribution in [0.2, 0.25) is 0 Å². The van der Waals surface area contributed by atoms with E-state index in [1.165, 1.54) is 12.8 Å². The van der Waals surface area contributed by atoms with Crippen LogP contribution in [-0.2, 0) is 0 Å². The summed E-state index contributed by atoms with van der Waals surface area (Å²) in [6.45, 7) is 4.74. The number of rotatable bonds is 3. The smallest absolute Gasteiger partial charge is 0.272 e. The molecule has 0 N–H and O–H groups in total. The number of pyridine rings is 1. The number of carbonyl (C=O) groups is 1. The van der Waals surface area contributed by atoms with Crippen molar-refractivity contribution >= 4 is 5.91 Å². The van der Waals surface area contributed by atoms with Crippen LogP contribution in [0.4, 0.5) is 0 Å². The Bertz CT molecular complexity index is 397. The molecule has 1 heterocycles. The molecule has 1 fully saturated rings. The van der Waals surface area contributed by atoms with Crippen LogP contribution in [-0.4, -0.2) is 28.4 Å². The molecule has 3 nitrogen and oxygen atoms in total. The van der Waals surface area contributed by atoms with Crippen molar-refractivity contribution in [3.8, 4) is 0 Å². The first-order valence-corrected chi connectivity index (χ1v) is 6.47. The van der Waals surface area contributed by atoms with E-state index in [0.717, 1.165) is 25.1 Å². The van der Waals surface area contributed by atoms with Crippen LogP contribution < -0.4 is 0 Å². The van der Waals surface area contributed by atoms with Crippen LogP contribution in [0, 0.1) is 6.92 Å². The first-order chi connectivity index (χ1) is 8.22. The van der Waals surface area contributed by atoms with Gasteiger partial charge in [0.15, 0.2) is 0 Å². The summed E-state index contributed by atoms with van der Waals surface area (Å²) in [5.41, 5.74) is 1.48. The topological polar surface area (TPSA) is 33.2 Å². The van der Waals surface area contributed by atoms with Crippen LogP contribution in [0.25, 0.3) is 0 Å². The number of aryl methyl sites for hydroxylation is 1. The molecule has 92 valence electrons. The van der Waals surface area contributed by atoms with Crippen molar-refractivity contribution < 1.29 is 4.79 Å². The maximum absolute atomic E-state index is 12.4. The van der Waals surface area contributed by atoms with Crippen LogP contribution >= 0.6 is 0 Å². The van der Waals surface area contributed by atoms with Crippen molar-refractivity contribution in [2.75, 3.05) is 6.54 Å². The molecule has 0 bridgehead atoms. The number of nitrogens with zero attached hydrogens (tertiary/aromatic N) is 2. The Kier molecular flexibility index (Phi) is 3.77. The lowest BCUT2D eigenvalue weighted by Gasteiger charge is -2.27. The summed E-state index contributed by atoms with van der Waals surface area (Å²) in [7, 11) is 0. The van der Waals surface area contributed by atoms with E-state index in [-0.39, 0.29) is 5.91 Å². The molecule has 0 saturated heterocycles. The van der Waals surface area contributed by atoms with E-state index < -0.39 is 0 Å². The highest BCUT2D eigenvalue weighted by Crippen LogP contribution is 2.24. The summed E-state index contributed by atoms with van der Waals surface area (Å²) in [6, 6.07) is 6.06. The van der Waals surface area contributed by atoms with Crippen molar-refractivity contribution in [3.05, 3.63) is 29.6 Å². The van der Waals surface area contributed by atoms with E-state index >= 15 is 0 Å². The molecule has 3 heteroatoms. The molecule has 1 aromatic rings. The highest BCUT2D eigenvalue weighted by Gasteiger charge is 2.26. The van der Waals surface area contributed by atoms with E-state index in [1.807, 2.05) is 36.9 Å². The molecule has 0 radical (unpaired) electrons. The Labute approximate surface area is 103 Å². The van der Waals surface area contributed by atoms with E-state index in [2.05, 4.69) is 4.98 Å². The zero-order valence-electron chi connectivity index (χ0n) is 10.6. The first kappa shape index (κ1) is 12.1. The lowest BCUT2D eigenvalue weighted by Crippen LogP contribution is -2.39. The molecule has 1 aliphatic carbocycles. The van der Waals surface area contributed by atoms with E-state index in [1.54, 1.807) is 0 Å². The Balaban J connectivity index is 2.16. The van der Waals surface area contributed by atoms with Gasteiger partial charge in [-0.25, -0.2) is 4.98 Å². The molecular weight excluding hydrogens is 212 g/mol. The molecule has 0 spiro atoms. The van der Waals surface area contributed by atoms with Crippen LogP contribution in [0.5, 0.6) is 0 Å². The third kappa shape index (κ3) is 2.65. The SMILES string of the molecule is CCN(C(=O)c1cccc(C)n1)C1CCCC1. The number of hydrogen-bond acceptors (Lipinski definition) is 2. The zero-order valence-corrected chi connectivity index (χ0v) is 10.6. The second-order valence-corrected chi connectivity index (χ2v) is 4.69. The summed E-state index contributed by atoms with van der Waals surface area (Å²) in [5.74, 6) is 0.0862. The van der Waals surface area contributed by atoms with Gasteiger partial charge >= 0.3 is 0 Å². The van der Waals surface area contributed by atoms with Crippen molar-refractivity contribution in [1.82, 2.24) is 9.88 Å². The lowest BCUT2D eigenvalue weighted by atomic mass is 10.2. The monoisotopic (exact) mass is 232 g/mol. The van der Waals surface area contributed by atoms with E-state index in [0.29, 0.717) is 11.7 Å². The number of amides is 1. The summed E-state index contributed by atoms with van der Waals surface area (Å²) in [4.78, 5) is 18.7. The molecule has 0 unspecified atom stereocenters. The maximum atomic E-state index is 12.4. The molecule has 17 heavy (non-hydrogen) atoms. The predicted octanol–water partition coefficient (Wildman–Crippen LogP) is 2.79. The largest absolute Gasteiger partial charge is 0.335 e. The molecule has 1 amide bonds. The second kappa shape index (κ2) is 5.30. The second-order valence-electron chi connectivity index (χ2n) is 4.69. The minimum atomic E-state index is 0.0862. The average molecular weight is 232 g/mol. The average Bonchev–Trinajstić information content (AvgIpc) is 2.83. The van der Waals surface area contributed by atoms with Gasteiger partial charge in [0.25, 0.3) is 5.91 Å². The molecule has 0 atom stereocenters. The molecule has 1 aromatic heterocycles. The predicted molar refractivity (Wildman–Crippen MR) is 67.9 cm³/mol. The van der Waals surface area contributed by atoms with Gasteiger partial charge in [0.1, 0.15) is 5.69 Å². The standard InChI is InChI=1S/C14H20N2O/c1-3-16(12-8-4-5-9-12)14(17)13-10-6-7-11(2)15-13/h6-7,10,12H,3-5,8-9H2,1-2H3. The highest BCUT2D eigenvalue weighted by molar-refractivity contribution is 5.92. The van der Waals surface area contributed by atoms with Crippen LogP contribution in [0.3, 0.4) is 0 Å². The van der Waals surface area contributed by atoms with Crippen molar-refractivity contribution in [2.45, 2.75) is 45.6 Å². The minimum absolute atomic E-state index is 0.0862. The minimum Gasteiger partial charge on any atom is -0.335 e. The van der Waals surface area contributed by atoms with Gasteiger partial charge in [-0.05, 0) is 38.8 Å². The number of hydrogen-bond donors (Lipinski definition) is 0. The maximum Gasteiger partial charge on any atom is 0.272 e. The first-order valence-electron chi connectivity index (χ1n) is 6.47. The fourth-order valence-corrected chi connectivity index (χ4v) is 2.59. The van der Waals surface area contributed by atoms with Gasteiger partial charge in [-0.2, -0.15) is 0 Å². The molecule has 2 rings (SSSR count). The fourth-order valence-electron chi connectivity index (χ4n) is 2.59. The van der Waals surface area contributed by atoms with Gasteiger partial charge in [-0.15, -0.1) is 0 Å². The normalized spacial score (nSPS) is 16.1. The van der Waals surface area contributed by atoms with Gasteiger partial charge in [-0.1, -0.05) is 18.9 Å². The van der Waals surface area contributed by atoms with Gasteiger partial charge in [0.2, 0.25) is 0 Å². The number of aromatic nitrogens is 1. The molecule has 0 aliphatic heterocycles. The summed E-state index contributed by atoms with van der Waals surface area (Å²) in [5, 5.41) is 0. The van der Waals surface area contributed by atoms with Crippen molar-refractivity contribution in [3.63, 3.8) is 0 Å². The van der Waals surface area contributed by atoms with E-state index in [9.17, 15) is 4.79 Å². The quantitative estimate of drug-likeness (QED) is 0.803. The Morgan fingerprint density at radius 3 is 2.71 bits per heavy atom. The van der Waals surface area contributed by atoms with Crippen molar-refractivity contribution in [1.29, 1.82) is 0 Å². The molecule has 1 saturated carbocycles. The Hall–Kier alpha value is -1.38. The third-order valence-electron chi connectivity index (χ3n) is 3.47. The van der Waals surface area contributed by atoms with E-state index in [4.69, 9.17) is 0 Å². The summed E-state index contributed by atoms with van der Waals surface area (Å²) >= 11 is 0. The molecule has 0 aromatic carbocycles. The summed E-state index contributed by atoms with van der Waals surface area (Å²) < 4.78 is 0. The lowest BCUT2D eigenvalue weighted by molar-refractivity contribution is 0.0687. The van der Waals surface area contributed by atoms with Gasteiger partial charge < -0.3 is 4.90 Å². The Morgan fingerprint density at radius 1 is 1.41 bits per heavy atom. The fraction of sp³-hybridized carbons (Fsp3) is 0.571. The Morgan fingerprint density at radius 2 is 2.12 bits per heavy atom. The highest BCUT2D eigenvalue weighted by atomic mass is 16.2. The van der Waals surface area contributed by atoms with Crippen LogP contribution in [0.15, 0.2) is 18.2 Å². The van der Waals surface area contributed by atoms with Crippen molar-refractivity contribution in [2.24, 2.45) is 0 Å². The summed E-state index contributed by atoms with van der Waals surface area (Å²) in [6.07, 6.45) is 4.78. The zero-order chi connectivity index (χ0) is 12.3.